The van der Waals surface area contributed by atoms with E-state index in [9.17, 15) is 4.79 Å². The summed E-state index contributed by atoms with van der Waals surface area (Å²) < 4.78 is 10.8. The van der Waals surface area contributed by atoms with Gasteiger partial charge >= 0.3 is 5.97 Å². The van der Waals surface area contributed by atoms with Crippen molar-refractivity contribution in [3.05, 3.63) is 29.8 Å². The molecule has 2 atom stereocenters. The molecule has 5 nitrogen and oxygen atoms in total. The number of ether oxygens (including phenoxy) is 2. The predicted molar refractivity (Wildman–Crippen MR) is 86.2 cm³/mol. The van der Waals surface area contributed by atoms with Gasteiger partial charge in [0.1, 0.15) is 16.9 Å². The van der Waals surface area contributed by atoms with Crippen LogP contribution in [0.1, 0.15) is 40.2 Å². The monoisotopic (exact) mass is 304 g/mol. The van der Waals surface area contributed by atoms with Crippen molar-refractivity contribution in [1.29, 1.82) is 0 Å². The molecule has 1 aliphatic heterocycles. The van der Waals surface area contributed by atoms with Gasteiger partial charge in [-0.15, -0.1) is 0 Å². The number of esters is 1. The molecule has 0 amide bonds. The van der Waals surface area contributed by atoms with Gasteiger partial charge < -0.3 is 14.8 Å². The molecule has 0 spiro atoms. The Morgan fingerprint density at radius 3 is 2.27 bits per heavy atom. The molecule has 0 unspecified atom stereocenters. The van der Waals surface area contributed by atoms with E-state index in [4.69, 9.17) is 9.47 Å². The maximum absolute atomic E-state index is 12.7. The van der Waals surface area contributed by atoms with E-state index in [1.807, 2.05) is 58.9 Å². The first-order valence-corrected chi connectivity index (χ1v) is 7.32. The number of nitrogens with zero attached hydrogens (tertiary/aromatic N) is 1. The number of nitrogens with one attached hydrogen (secondary N) is 1. The number of methoxy groups -OCH3 is 1. The highest BCUT2D eigenvalue weighted by molar-refractivity contribution is 5.88. The van der Waals surface area contributed by atoms with Gasteiger partial charge in [-0.25, -0.2) is 4.79 Å². The summed E-state index contributed by atoms with van der Waals surface area (Å²) in [6.45, 7) is 9.31. The Kier molecular flexibility index (Phi) is 3.94. The number of rotatable bonds is 3. The first-order chi connectivity index (χ1) is 10.1. The second-order valence-electron chi connectivity index (χ2n) is 6.83. The van der Waals surface area contributed by atoms with Crippen LogP contribution in [0, 0.1) is 0 Å². The zero-order chi connectivity index (χ0) is 16.6. The van der Waals surface area contributed by atoms with Crippen molar-refractivity contribution in [1.82, 2.24) is 5.32 Å². The van der Waals surface area contributed by atoms with Gasteiger partial charge in [-0.3, -0.25) is 4.99 Å². The lowest BCUT2D eigenvalue weighted by molar-refractivity contribution is -0.164. The molecular formula is C17H24N2O3. The van der Waals surface area contributed by atoms with Gasteiger partial charge in [-0.1, -0.05) is 12.1 Å². The lowest BCUT2D eigenvalue weighted by Crippen LogP contribution is -2.59. The smallest absolute Gasteiger partial charge is 0.334 e. The molecule has 22 heavy (non-hydrogen) atoms. The van der Waals surface area contributed by atoms with Crippen molar-refractivity contribution in [2.24, 2.45) is 4.99 Å². The minimum atomic E-state index is -0.963. The molecular weight excluding hydrogens is 280 g/mol. The van der Waals surface area contributed by atoms with Gasteiger partial charge in [0.25, 0.3) is 0 Å². The predicted octanol–water partition coefficient (Wildman–Crippen LogP) is 2.64. The van der Waals surface area contributed by atoms with Gasteiger partial charge in [-0.05, 0) is 52.3 Å². The summed E-state index contributed by atoms with van der Waals surface area (Å²) in [5.74, 6) is 0.442. The Morgan fingerprint density at radius 1 is 1.18 bits per heavy atom. The van der Waals surface area contributed by atoms with E-state index < -0.39 is 16.7 Å². The molecule has 0 aliphatic carbocycles. The summed E-state index contributed by atoms with van der Waals surface area (Å²) in [6, 6.07) is 7.57. The fourth-order valence-electron chi connectivity index (χ4n) is 2.48. The molecule has 1 heterocycles. The Bertz CT molecular complexity index is 589. The summed E-state index contributed by atoms with van der Waals surface area (Å²) in [7, 11) is 1.62. The molecule has 5 heteroatoms. The summed E-state index contributed by atoms with van der Waals surface area (Å²) in [4.78, 5) is 17.2. The molecule has 120 valence electrons. The number of aliphatic imine (C=N–C) groups is 1. The van der Waals surface area contributed by atoms with Gasteiger partial charge in [0, 0.05) is 0 Å². The van der Waals surface area contributed by atoms with Crippen molar-refractivity contribution >= 4 is 12.3 Å². The number of carbonyl (C=O) groups is 1. The lowest BCUT2D eigenvalue weighted by atomic mass is 9.75. The van der Waals surface area contributed by atoms with Gasteiger partial charge in [0.05, 0.1) is 13.4 Å². The van der Waals surface area contributed by atoms with Gasteiger partial charge in [0.15, 0.2) is 5.54 Å². The van der Waals surface area contributed by atoms with Crippen LogP contribution in [0.25, 0.3) is 0 Å². The maximum atomic E-state index is 12.7. The van der Waals surface area contributed by atoms with Crippen LogP contribution in [0.2, 0.25) is 0 Å². The summed E-state index contributed by atoms with van der Waals surface area (Å²) in [5, 5.41) is 3.08. The molecule has 0 saturated carbocycles. The van der Waals surface area contributed by atoms with Crippen LogP contribution in [0.4, 0.5) is 0 Å². The number of hydrogen-bond donors (Lipinski definition) is 1. The second kappa shape index (κ2) is 5.30. The quantitative estimate of drug-likeness (QED) is 0.872. The third-order valence-electron chi connectivity index (χ3n) is 4.11. The SMILES string of the molecule is COc1ccc([C@]2(C)N=CN[C@@]2(C)C(=O)OC(C)(C)C)cc1. The van der Waals surface area contributed by atoms with Crippen molar-refractivity contribution in [2.45, 2.75) is 51.3 Å². The minimum Gasteiger partial charge on any atom is -0.497 e. The van der Waals surface area contributed by atoms with E-state index in [0.717, 1.165) is 11.3 Å². The van der Waals surface area contributed by atoms with Crippen LogP contribution in [0.5, 0.6) is 5.75 Å². The summed E-state index contributed by atoms with van der Waals surface area (Å²) in [6.07, 6.45) is 1.58. The van der Waals surface area contributed by atoms with Crippen LogP contribution >= 0.6 is 0 Å². The molecule has 1 aliphatic rings. The van der Waals surface area contributed by atoms with E-state index >= 15 is 0 Å². The average Bonchev–Trinajstić information content (AvgIpc) is 2.75. The highest BCUT2D eigenvalue weighted by Gasteiger charge is 2.55. The fraction of sp³-hybridized carbons (Fsp3) is 0.529. The Hall–Kier alpha value is -2.04. The lowest BCUT2D eigenvalue weighted by Gasteiger charge is -2.39. The molecule has 1 aromatic rings. The molecule has 0 saturated heterocycles. The number of carbonyl (C=O) groups excluding carboxylic acids is 1. The standard InChI is InChI=1S/C17H24N2O3/c1-15(2,3)22-14(20)17(5)16(4,18-11-19-17)12-7-9-13(21-6)10-8-12/h7-11H,1-6H3,(H,18,19)/t16-,17-/m0/s1. The minimum absolute atomic E-state index is 0.323. The molecule has 2 rings (SSSR count). The van der Waals surface area contributed by atoms with Gasteiger partial charge in [-0.2, -0.15) is 0 Å². The highest BCUT2D eigenvalue weighted by Crippen LogP contribution is 2.41. The largest absolute Gasteiger partial charge is 0.497 e. The normalized spacial score (nSPS) is 27.4. The van der Waals surface area contributed by atoms with Crippen LogP contribution in [0.3, 0.4) is 0 Å². The van der Waals surface area contributed by atoms with Gasteiger partial charge in [0.2, 0.25) is 0 Å². The molecule has 1 N–H and O–H groups in total. The Balaban J connectivity index is 2.38. The van der Waals surface area contributed by atoms with E-state index in [-0.39, 0.29) is 5.97 Å². The van der Waals surface area contributed by atoms with E-state index in [1.165, 1.54) is 0 Å². The molecule has 0 aromatic heterocycles. The second-order valence-corrected chi connectivity index (χ2v) is 6.83. The zero-order valence-electron chi connectivity index (χ0n) is 14.1. The molecule has 1 aromatic carbocycles. The Morgan fingerprint density at radius 2 is 1.77 bits per heavy atom. The van der Waals surface area contributed by atoms with Crippen molar-refractivity contribution in [3.8, 4) is 5.75 Å². The van der Waals surface area contributed by atoms with Crippen LogP contribution in [-0.2, 0) is 15.1 Å². The van der Waals surface area contributed by atoms with Crippen LogP contribution in [-0.4, -0.2) is 30.6 Å². The summed E-state index contributed by atoms with van der Waals surface area (Å²) in [5.41, 5.74) is -1.34. The number of benzene rings is 1. The highest BCUT2D eigenvalue weighted by atomic mass is 16.6. The van der Waals surface area contributed by atoms with Crippen LogP contribution < -0.4 is 10.1 Å². The number of hydrogen-bond acceptors (Lipinski definition) is 5. The topological polar surface area (TPSA) is 59.9 Å². The van der Waals surface area contributed by atoms with Crippen molar-refractivity contribution < 1.29 is 14.3 Å². The zero-order valence-corrected chi connectivity index (χ0v) is 14.1. The van der Waals surface area contributed by atoms with Crippen molar-refractivity contribution in [2.75, 3.05) is 7.11 Å². The third-order valence-corrected chi connectivity index (χ3v) is 4.11. The maximum Gasteiger partial charge on any atom is 0.334 e. The molecule has 0 bridgehead atoms. The van der Waals surface area contributed by atoms with Crippen molar-refractivity contribution in [3.63, 3.8) is 0 Å². The summed E-state index contributed by atoms with van der Waals surface area (Å²) >= 11 is 0. The molecule has 0 radical (unpaired) electrons. The molecule has 0 fully saturated rings. The first kappa shape index (κ1) is 16.3. The Labute approximate surface area is 131 Å². The van der Waals surface area contributed by atoms with E-state index in [2.05, 4.69) is 10.3 Å². The third kappa shape index (κ3) is 2.67. The van der Waals surface area contributed by atoms with Crippen LogP contribution in [0.15, 0.2) is 29.3 Å². The first-order valence-electron chi connectivity index (χ1n) is 7.32. The van der Waals surface area contributed by atoms with E-state index in [0.29, 0.717) is 0 Å². The average molecular weight is 304 g/mol. The fourth-order valence-corrected chi connectivity index (χ4v) is 2.48. The van der Waals surface area contributed by atoms with E-state index in [1.54, 1.807) is 13.4 Å².